The van der Waals surface area contributed by atoms with Gasteiger partial charge in [-0.05, 0) is 54.2 Å². The topological polar surface area (TPSA) is 52.7 Å². The molecule has 3 aromatic rings. The molecule has 0 radical (unpaired) electrons. The summed E-state index contributed by atoms with van der Waals surface area (Å²) in [6.45, 7) is 3.91. The lowest BCUT2D eigenvalue weighted by atomic mass is 9.95. The Balaban J connectivity index is 1.17. The van der Waals surface area contributed by atoms with E-state index in [4.69, 9.17) is 0 Å². The molecule has 0 aromatic heterocycles. The second-order valence-electron chi connectivity index (χ2n) is 9.30. The van der Waals surface area contributed by atoms with Crippen LogP contribution < -0.4 is 10.2 Å². The van der Waals surface area contributed by atoms with Crippen molar-refractivity contribution in [3.05, 3.63) is 78.4 Å². The maximum Gasteiger partial charge on any atom is 0.254 e. The fourth-order valence-corrected chi connectivity index (χ4v) is 5.22. The number of anilines is 1. The summed E-state index contributed by atoms with van der Waals surface area (Å²) in [7, 11) is 0. The summed E-state index contributed by atoms with van der Waals surface area (Å²) in [4.78, 5) is 30.5. The molecular formula is C28H31N3O2. The molecule has 2 aliphatic heterocycles. The van der Waals surface area contributed by atoms with Crippen LogP contribution in [0.3, 0.4) is 0 Å². The molecule has 33 heavy (non-hydrogen) atoms. The van der Waals surface area contributed by atoms with Crippen LogP contribution >= 0.6 is 0 Å². The van der Waals surface area contributed by atoms with E-state index in [0.29, 0.717) is 25.6 Å². The predicted octanol–water partition coefficient (Wildman–Crippen LogP) is 4.33. The number of amides is 2. The standard InChI is InChI=1S/C28H31N3O2/c32-27(29-18-21-15-17-30(19-21)24-11-2-1-3-12-24)23-10-7-16-31(20-23)28(33)26-14-6-9-22-8-4-5-13-25(22)26/h1-6,8-9,11-14,21,23H,7,10,15-20H2,(H,29,32). The van der Waals surface area contributed by atoms with E-state index >= 15 is 0 Å². The highest BCUT2D eigenvalue weighted by Gasteiger charge is 2.30. The minimum absolute atomic E-state index is 0.0265. The zero-order valence-corrected chi connectivity index (χ0v) is 19.0. The molecule has 2 fully saturated rings. The van der Waals surface area contributed by atoms with Gasteiger partial charge < -0.3 is 15.1 Å². The summed E-state index contributed by atoms with van der Waals surface area (Å²) >= 11 is 0. The van der Waals surface area contributed by atoms with Crippen LogP contribution in [0.25, 0.3) is 10.8 Å². The van der Waals surface area contributed by atoms with Crippen LogP contribution in [0.5, 0.6) is 0 Å². The highest BCUT2D eigenvalue weighted by atomic mass is 16.2. The Bertz CT molecular complexity index is 1120. The van der Waals surface area contributed by atoms with Gasteiger partial charge in [-0.25, -0.2) is 0 Å². The maximum atomic E-state index is 13.3. The number of carbonyl (C=O) groups is 2. The normalized spacial score (nSPS) is 20.7. The van der Waals surface area contributed by atoms with Gasteiger partial charge in [0.25, 0.3) is 5.91 Å². The van der Waals surface area contributed by atoms with Crippen molar-refractivity contribution in [2.75, 3.05) is 37.6 Å². The van der Waals surface area contributed by atoms with Crippen molar-refractivity contribution < 1.29 is 9.59 Å². The number of nitrogens with zero attached hydrogens (tertiary/aromatic N) is 2. The highest BCUT2D eigenvalue weighted by molar-refractivity contribution is 6.07. The molecule has 2 aliphatic rings. The van der Waals surface area contributed by atoms with Crippen LogP contribution in [0.4, 0.5) is 5.69 Å². The molecule has 5 rings (SSSR count). The lowest BCUT2D eigenvalue weighted by Crippen LogP contribution is -2.46. The second-order valence-corrected chi connectivity index (χ2v) is 9.30. The molecule has 5 nitrogen and oxygen atoms in total. The molecule has 0 aliphatic carbocycles. The molecule has 0 saturated carbocycles. The first-order chi connectivity index (χ1) is 16.2. The fourth-order valence-electron chi connectivity index (χ4n) is 5.22. The Morgan fingerprint density at radius 1 is 0.848 bits per heavy atom. The molecular weight excluding hydrogens is 410 g/mol. The van der Waals surface area contributed by atoms with E-state index in [1.807, 2.05) is 53.4 Å². The molecule has 2 unspecified atom stereocenters. The number of rotatable bonds is 5. The van der Waals surface area contributed by atoms with Gasteiger partial charge in [-0.15, -0.1) is 0 Å². The van der Waals surface area contributed by atoms with Gasteiger partial charge in [0.1, 0.15) is 0 Å². The number of nitrogens with one attached hydrogen (secondary N) is 1. The van der Waals surface area contributed by atoms with Gasteiger partial charge in [-0.1, -0.05) is 54.6 Å². The van der Waals surface area contributed by atoms with Crippen LogP contribution in [0.15, 0.2) is 72.8 Å². The number of hydrogen-bond donors (Lipinski definition) is 1. The first-order valence-corrected chi connectivity index (χ1v) is 12.0. The fraction of sp³-hybridized carbons (Fsp3) is 0.357. The highest BCUT2D eigenvalue weighted by Crippen LogP contribution is 2.25. The van der Waals surface area contributed by atoms with Crippen LogP contribution in [0.2, 0.25) is 0 Å². The molecule has 170 valence electrons. The SMILES string of the molecule is O=C(NCC1CCN(c2ccccc2)C1)C1CCCN(C(=O)c2cccc3ccccc23)C1. The number of hydrogen-bond acceptors (Lipinski definition) is 3. The lowest BCUT2D eigenvalue weighted by molar-refractivity contribution is -0.126. The van der Waals surface area contributed by atoms with Gasteiger partial charge in [0, 0.05) is 44.0 Å². The molecule has 5 heteroatoms. The van der Waals surface area contributed by atoms with E-state index in [2.05, 4.69) is 34.5 Å². The third-order valence-electron chi connectivity index (χ3n) is 7.07. The number of benzene rings is 3. The predicted molar refractivity (Wildman–Crippen MR) is 132 cm³/mol. The minimum atomic E-state index is -0.135. The van der Waals surface area contributed by atoms with Crippen molar-refractivity contribution in [3.8, 4) is 0 Å². The van der Waals surface area contributed by atoms with Gasteiger partial charge in [0.15, 0.2) is 0 Å². The third kappa shape index (κ3) is 4.72. The Morgan fingerprint density at radius 2 is 1.64 bits per heavy atom. The number of likely N-dealkylation sites (tertiary alicyclic amines) is 1. The molecule has 0 spiro atoms. The summed E-state index contributed by atoms with van der Waals surface area (Å²) in [6.07, 6.45) is 2.79. The lowest BCUT2D eigenvalue weighted by Gasteiger charge is -2.32. The van der Waals surface area contributed by atoms with E-state index in [1.165, 1.54) is 5.69 Å². The van der Waals surface area contributed by atoms with Gasteiger partial charge in [0.2, 0.25) is 5.91 Å². The average Bonchev–Trinajstić information content (AvgIpc) is 3.36. The van der Waals surface area contributed by atoms with Gasteiger partial charge >= 0.3 is 0 Å². The third-order valence-corrected chi connectivity index (χ3v) is 7.07. The molecule has 2 saturated heterocycles. The van der Waals surface area contributed by atoms with E-state index in [9.17, 15) is 9.59 Å². The Morgan fingerprint density at radius 3 is 2.52 bits per heavy atom. The van der Waals surface area contributed by atoms with Gasteiger partial charge in [-0.3, -0.25) is 9.59 Å². The van der Waals surface area contributed by atoms with E-state index in [0.717, 1.165) is 48.7 Å². The average molecular weight is 442 g/mol. The smallest absolute Gasteiger partial charge is 0.254 e. The van der Waals surface area contributed by atoms with Crippen molar-refractivity contribution in [2.24, 2.45) is 11.8 Å². The summed E-state index contributed by atoms with van der Waals surface area (Å²) in [5, 5.41) is 5.23. The number of carbonyl (C=O) groups excluding carboxylic acids is 2. The molecule has 1 N–H and O–H groups in total. The van der Waals surface area contributed by atoms with Crippen molar-refractivity contribution in [1.82, 2.24) is 10.2 Å². The van der Waals surface area contributed by atoms with Crippen LogP contribution in [0, 0.1) is 11.8 Å². The Kier molecular flexibility index (Phi) is 6.29. The first-order valence-electron chi connectivity index (χ1n) is 12.0. The van der Waals surface area contributed by atoms with Gasteiger partial charge in [0.05, 0.1) is 5.92 Å². The minimum Gasteiger partial charge on any atom is -0.371 e. The molecule has 2 amide bonds. The zero-order valence-electron chi connectivity index (χ0n) is 19.0. The number of para-hydroxylation sites is 1. The van der Waals surface area contributed by atoms with Gasteiger partial charge in [-0.2, -0.15) is 0 Å². The Hall–Kier alpha value is -3.34. The van der Waals surface area contributed by atoms with Crippen molar-refractivity contribution in [3.63, 3.8) is 0 Å². The monoisotopic (exact) mass is 441 g/mol. The maximum absolute atomic E-state index is 13.3. The summed E-state index contributed by atoms with van der Waals surface area (Å²) in [5.41, 5.74) is 1.97. The number of fused-ring (bicyclic) bond motifs is 1. The van der Waals surface area contributed by atoms with Crippen LogP contribution in [0.1, 0.15) is 29.6 Å². The molecule has 3 aromatic carbocycles. The molecule has 2 atom stereocenters. The summed E-state index contributed by atoms with van der Waals surface area (Å²) in [5.74, 6) is 0.442. The van der Waals surface area contributed by atoms with Crippen LogP contribution in [-0.4, -0.2) is 49.4 Å². The van der Waals surface area contributed by atoms with E-state index < -0.39 is 0 Å². The Labute approximate surface area is 195 Å². The van der Waals surface area contributed by atoms with Crippen molar-refractivity contribution in [1.29, 1.82) is 0 Å². The van der Waals surface area contributed by atoms with E-state index in [1.54, 1.807) is 0 Å². The van der Waals surface area contributed by atoms with Crippen molar-refractivity contribution in [2.45, 2.75) is 19.3 Å². The van der Waals surface area contributed by atoms with E-state index in [-0.39, 0.29) is 17.7 Å². The first kappa shape index (κ1) is 21.5. The summed E-state index contributed by atoms with van der Waals surface area (Å²) < 4.78 is 0. The quantitative estimate of drug-likeness (QED) is 0.641. The summed E-state index contributed by atoms with van der Waals surface area (Å²) in [6, 6.07) is 24.3. The van der Waals surface area contributed by atoms with Crippen molar-refractivity contribution >= 4 is 28.3 Å². The molecule has 0 bridgehead atoms. The van der Waals surface area contributed by atoms with Crippen LogP contribution in [-0.2, 0) is 4.79 Å². The largest absolute Gasteiger partial charge is 0.371 e. The second kappa shape index (κ2) is 9.65. The zero-order chi connectivity index (χ0) is 22.6. The number of piperidine rings is 1. The molecule has 2 heterocycles.